The zero-order chi connectivity index (χ0) is 21.4. The summed E-state index contributed by atoms with van der Waals surface area (Å²) in [5.41, 5.74) is 3.69. The molecule has 4 aromatic rings. The van der Waals surface area contributed by atoms with Crippen molar-refractivity contribution in [2.75, 3.05) is 23.9 Å². The van der Waals surface area contributed by atoms with Crippen LogP contribution in [-0.2, 0) is 24.3 Å². The number of rotatable bonds is 5. The van der Waals surface area contributed by atoms with Gasteiger partial charge in [0.05, 0.1) is 22.9 Å². The maximum atomic E-state index is 14.5. The van der Waals surface area contributed by atoms with Gasteiger partial charge in [0.1, 0.15) is 5.82 Å². The molecule has 31 heavy (non-hydrogen) atoms. The average Bonchev–Trinajstić information content (AvgIpc) is 3.39. The van der Waals surface area contributed by atoms with Gasteiger partial charge in [-0.3, -0.25) is 4.79 Å². The summed E-state index contributed by atoms with van der Waals surface area (Å²) in [6.45, 7) is 1.91. The van der Waals surface area contributed by atoms with E-state index in [4.69, 9.17) is 4.74 Å². The molecular weight excluding hydrogens is 431 g/mol. The molecule has 0 saturated heterocycles. The summed E-state index contributed by atoms with van der Waals surface area (Å²) in [7, 11) is 1.55. The second-order valence-corrected chi connectivity index (χ2v) is 9.52. The molecule has 3 heterocycles. The molecule has 0 saturated carbocycles. The smallest absolute Gasteiger partial charge is 0.266 e. The van der Waals surface area contributed by atoms with Crippen molar-refractivity contribution in [1.29, 1.82) is 0 Å². The van der Waals surface area contributed by atoms with Crippen molar-refractivity contribution >= 4 is 50.0 Å². The van der Waals surface area contributed by atoms with E-state index in [2.05, 4.69) is 21.7 Å². The van der Waals surface area contributed by atoms with Gasteiger partial charge >= 0.3 is 0 Å². The molecule has 0 unspecified atom stereocenters. The van der Waals surface area contributed by atoms with Gasteiger partial charge in [-0.2, -0.15) is 0 Å². The van der Waals surface area contributed by atoms with E-state index >= 15 is 0 Å². The molecule has 1 aliphatic rings. The number of anilines is 2. The Balaban J connectivity index is 1.47. The Morgan fingerprint density at radius 2 is 2.06 bits per heavy atom. The Hall–Kier alpha value is -2.74. The molecule has 158 valence electrons. The minimum Gasteiger partial charge on any atom is -0.380 e. The van der Waals surface area contributed by atoms with Crippen LogP contribution in [-0.4, -0.2) is 19.6 Å². The van der Waals surface area contributed by atoms with E-state index in [-0.39, 0.29) is 18.3 Å². The highest BCUT2D eigenvalue weighted by atomic mass is 32.1. The van der Waals surface area contributed by atoms with Gasteiger partial charge in [-0.1, -0.05) is 18.2 Å². The second-order valence-electron chi connectivity index (χ2n) is 7.47. The highest BCUT2D eigenvalue weighted by Gasteiger charge is 2.23. The lowest BCUT2D eigenvalue weighted by atomic mass is 10.1. The van der Waals surface area contributed by atoms with Crippen LogP contribution in [0, 0.1) is 5.82 Å². The Labute approximate surface area is 187 Å². The van der Waals surface area contributed by atoms with Crippen LogP contribution >= 0.6 is 22.7 Å². The van der Waals surface area contributed by atoms with Crippen molar-refractivity contribution in [2.45, 2.75) is 19.6 Å². The molecule has 1 N–H and O–H groups in total. The van der Waals surface area contributed by atoms with E-state index in [1.807, 2.05) is 30.3 Å². The number of halogens is 1. The van der Waals surface area contributed by atoms with Gasteiger partial charge in [-0.05, 0) is 47.7 Å². The van der Waals surface area contributed by atoms with Crippen LogP contribution in [0.2, 0.25) is 0 Å². The molecule has 0 bridgehead atoms. The first-order valence-electron chi connectivity index (χ1n) is 10.0. The fourth-order valence-electron chi connectivity index (χ4n) is 4.12. The summed E-state index contributed by atoms with van der Waals surface area (Å²) in [6, 6.07) is 14.9. The number of hydrogen-bond donors (Lipinski definition) is 1. The van der Waals surface area contributed by atoms with Crippen LogP contribution in [0.3, 0.4) is 0 Å². The van der Waals surface area contributed by atoms with Crippen molar-refractivity contribution < 1.29 is 13.9 Å². The molecule has 2 aromatic carbocycles. The number of benzene rings is 2. The predicted octanol–water partition coefficient (Wildman–Crippen LogP) is 6.06. The predicted molar refractivity (Wildman–Crippen MR) is 126 cm³/mol. The molecule has 1 aliphatic heterocycles. The molecule has 1 amide bonds. The summed E-state index contributed by atoms with van der Waals surface area (Å²) >= 11 is 3.10. The van der Waals surface area contributed by atoms with Crippen molar-refractivity contribution in [3.05, 3.63) is 80.6 Å². The minimum atomic E-state index is -0.333. The fraction of sp³-hybridized carbons (Fsp3) is 0.208. The lowest BCUT2D eigenvalue weighted by Crippen LogP contribution is -2.30. The number of carbonyl (C=O) groups is 1. The van der Waals surface area contributed by atoms with E-state index in [0.717, 1.165) is 35.6 Å². The van der Waals surface area contributed by atoms with Crippen LogP contribution in [0.1, 0.15) is 25.7 Å². The Bertz CT molecular complexity index is 1260. The first kappa shape index (κ1) is 20.2. The van der Waals surface area contributed by atoms with Gasteiger partial charge < -0.3 is 15.0 Å². The number of fused-ring (bicyclic) bond motifs is 2. The van der Waals surface area contributed by atoms with Gasteiger partial charge in [-0.25, -0.2) is 4.39 Å². The molecule has 0 spiro atoms. The standard InChI is InChI=1S/C24H21FN2O2S2/c1-29-14-16-22-17(25)5-4-8-21(22)31-23(16)24(28)26-18-6-2-3-7-19(18)27-11-9-20-15(13-27)10-12-30-20/h2-8,10,12H,9,11,13-14H2,1H3,(H,26,28). The van der Waals surface area contributed by atoms with Crippen LogP contribution in [0.25, 0.3) is 10.1 Å². The maximum absolute atomic E-state index is 14.5. The Kier molecular flexibility index (Phi) is 5.48. The summed E-state index contributed by atoms with van der Waals surface area (Å²) in [5.74, 6) is -0.575. The number of carbonyl (C=O) groups excluding carboxylic acids is 1. The van der Waals surface area contributed by atoms with Crippen LogP contribution in [0.15, 0.2) is 53.9 Å². The first-order chi connectivity index (χ1) is 15.2. The summed E-state index contributed by atoms with van der Waals surface area (Å²) in [5, 5.41) is 5.68. The maximum Gasteiger partial charge on any atom is 0.266 e. The number of methoxy groups -OCH3 is 1. The Morgan fingerprint density at radius 3 is 2.94 bits per heavy atom. The SMILES string of the molecule is COCc1c(C(=O)Nc2ccccc2N2CCc3sccc3C2)sc2cccc(F)c12. The fourth-order valence-corrected chi connectivity index (χ4v) is 6.13. The van der Waals surface area contributed by atoms with Crippen LogP contribution in [0.5, 0.6) is 0 Å². The summed E-state index contributed by atoms with van der Waals surface area (Å²) in [4.78, 5) is 17.5. The van der Waals surface area contributed by atoms with Crippen LogP contribution in [0.4, 0.5) is 15.8 Å². The van der Waals surface area contributed by atoms with E-state index in [1.165, 1.54) is 27.8 Å². The quantitative estimate of drug-likeness (QED) is 0.400. The van der Waals surface area contributed by atoms with Gasteiger partial charge in [0.15, 0.2) is 0 Å². The monoisotopic (exact) mass is 452 g/mol. The van der Waals surface area contributed by atoms with E-state index in [0.29, 0.717) is 15.8 Å². The van der Waals surface area contributed by atoms with E-state index in [9.17, 15) is 9.18 Å². The highest BCUT2D eigenvalue weighted by Crippen LogP contribution is 2.36. The third kappa shape index (κ3) is 3.73. The van der Waals surface area contributed by atoms with Crippen molar-refractivity contribution in [1.82, 2.24) is 0 Å². The topological polar surface area (TPSA) is 41.6 Å². The first-order valence-corrected chi connectivity index (χ1v) is 11.7. The normalized spacial score (nSPS) is 13.4. The molecule has 0 fully saturated rings. The molecule has 0 atom stereocenters. The van der Waals surface area contributed by atoms with Gasteiger partial charge in [0, 0.05) is 40.7 Å². The minimum absolute atomic E-state index is 0.179. The zero-order valence-electron chi connectivity index (χ0n) is 17.0. The largest absolute Gasteiger partial charge is 0.380 e. The van der Waals surface area contributed by atoms with Crippen LogP contribution < -0.4 is 10.2 Å². The summed E-state index contributed by atoms with van der Waals surface area (Å²) in [6.07, 6.45) is 1.00. The Morgan fingerprint density at radius 1 is 1.19 bits per heavy atom. The lowest BCUT2D eigenvalue weighted by molar-refractivity contribution is 0.102. The molecular formula is C24H21FN2O2S2. The number of ether oxygens (including phenoxy) is 1. The molecule has 5 rings (SSSR count). The van der Waals surface area contributed by atoms with E-state index < -0.39 is 0 Å². The third-order valence-corrected chi connectivity index (χ3v) is 7.78. The number of thiophene rings is 2. The number of hydrogen-bond acceptors (Lipinski definition) is 5. The van der Waals surface area contributed by atoms with Crippen molar-refractivity contribution in [3.63, 3.8) is 0 Å². The van der Waals surface area contributed by atoms with Gasteiger partial charge in [-0.15, -0.1) is 22.7 Å². The highest BCUT2D eigenvalue weighted by molar-refractivity contribution is 7.21. The molecule has 4 nitrogen and oxygen atoms in total. The molecule has 2 aromatic heterocycles. The number of nitrogens with one attached hydrogen (secondary N) is 1. The van der Waals surface area contributed by atoms with Gasteiger partial charge in [0.25, 0.3) is 5.91 Å². The summed E-state index contributed by atoms with van der Waals surface area (Å²) < 4.78 is 20.5. The number of amides is 1. The lowest BCUT2D eigenvalue weighted by Gasteiger charge is -2.30. The second kappa shape index (κ2) is 8.42. The number of para-hydroxylation sites is 2. The average molecular weight is 453 g/mol. The van der Waals surface area contributed by atoms with E-state index in [1.54, 1.807) is 24.5 Å². The number of nitrogens with zero attached hydrogens (tertiary/aromatic N) is 1. The van der Waals surface area contributed by atoms with Crippen molar-refractivity contribution in [2.24, 2.45) is 0 Å². The third-order valence-electron chi connectivity index (χ3n) is 5.56. The van der Waals surface area contributed by atoms with Gasteiger partial charge in [0.2, 0.25) is 0 Å². The van der Waals surface area contributed by atoms with Crippen molar-refractivity contribution in [3.8, 4) is 0 Å². The zero-order valence-corrected chi connectivity index (χ0v) is 18.6. The molecule has 0 aliphatic carbocycles. The molecule has 7 heteroatoms. The molecule has 0 radical (unpaired) electrons.